The Hall–Kier alpha value is -2.59. The molecule has 10 heteroatoms. The van der Waals surface area contributed by atoms with E-state index in [0.717, 1.165) is 43.9 Å². The molecule has 154 valence electrons. The number of aromatic nitrogens is 4. The topological polar surface area (TPSA) is 92.5 Å². The van der Waals surface area contributed by atoms with Crippen molar-refractivity contribution in [1.82, 2.24) is 24.5 Å². The van der Waals surface area contributed by atoms with Crippen LogP contribution in [0.2, 0.25) is 0 Å². The molecule has 4 rings (SSSR count). The van der Waals surface area contributed by atoms with Crippen molar-refractivity contribution in [3.8, 4) is 0 Å². The Kier molecular flexibility index (Phi) is 5.72. The highest BCUT2D eigenvalue weighted by Crippen LogP contribution is 2.18. The number of nitrogens with one attached hydrogen (secondary N) is 1. The van der Waals surface area contributed by atoms with Crippen LogP contribution in [0.5, 0.6) is 0 Å². The molecule has 3 aromatic rings. The molecule has 8 nitrogen and oxygen atoms in total. The lowest BCUT2D eigenvalue weighted by Gasteiger charge is -2.21. The number of nitrogens with zero attached hydrogens (tertiary/aromatic N) is 5. The van der Waals surface area contributed by atoms with Crippen LogP contribution in [-0.4, -0.2) is 47.9 Å². The maximum absolute atomic E-state index is 13.0. The fourth-order valence-electron chi connectivity index (χ4n) is 3.44. The highest BCUT2D eigenvalue weighted by atomic mass is 32.2. The molecule has 2 aromatic heterocycles. The fraction of sp³-hybridized carbons (Fsp3) is 0.421. The third-order valence-corrected chi connectivity index (χ3v) is 6.48. The van der Waals surface area contributed by atoms with Crippen LogP contribution in [0.4, 0.5) is 10.2 Å². The lowest BCUT2D eigenvalue weighted by molar-refractivity contribution is 0.579. The standard InChI is InChI=1S/C19H23FN6O2S/c20-15-5-7-16(8-6-15)29(27,28)21-12-11-18-23-22-17-9-10-19(24-26(17)18)25-13-3-1-2-4-14-25/h5-10,21H,1-4,11-14H2. The third-order valence-electron chi connectivity index (χ3n) is 5.01. The molecule has 1 fully saturated rings. The van der Waals surface area contributed by atoms with E-state index in [1.807, 2.05) is 12.1 Å². The molecule has 0 saturated carbocycles. The van der Waals surface area contributed by atoms with Crippen LogP contribution in [0.25, 0.3) is 5.65 Å². The summed E-state index contributed by atoms with van der Waals surface area (Å²) >= 11 is 0. The van der Waals surface area contributed by atoms with Crippen LogP contribution in [-0.2, 0) is 16.4 Å². The molecule has 0 amide bonds. The maximum atomic E-state index is 13.0. The summed E-state index contributed by atoms with van der Waals surface area (Å²) in [5.74, 6) is 0.982. The van der Waals surface area contributed by atoms with Crippen LogP contribution in [0, 0.1) is 5.82 Å². The molecule has 1 saturated heterocycles. The summed E-state index contributed by atoms with van der Waals surface area (Å²) in [4.78, 5) is 2.29. The highest BCUT2D eigenvalue weighted by molar-refractivity contribution is 7.89. The van der Waals surface area contributed by atoms with Crippen LogP contribution >= 0.6 is 0 Å². The first kappa shape index (κ1) is 19.7. The monoisotopic (exact) mass is 418 g/mol. The van der Waals surface area contributed by atoms with E-state index >= 15 is 0 Å². The summed E-state index contributed by atoms with van der Waals surface area (Å²) in [5.41, 5.74) is 0.625. The second kappa shape index (κ2) is 8.42. The van der Waals surface area contributed by atoms with Crippen LogP contribution in [0.3, 0.4) is 0 Å². The summed E-state index contributed by atoms with van der Waals surface area (Å²) in [7, 11) is -3.72. The van der Waals surface area contributed by atoms with E-state index in [1.165, 1.54) is 25.0 Å². The van der Waals surface area contributed by atoms with Gasteiger partial charge in [-0.3, -0.25) is 0 Å². The Morgan fingerprint density at radius 3 is 2.41 bits per heavy atom. The molecule has 0 aliphatic carbocycles. The van der Waals surface area contributed by atoms with Gasteiger partial charge in [0.15, 0.2) is 11.5 Å². The third kappa shape index (κ3) is 4.54. The molecular weight excluding hydrogens is 395 g/mol. The second-order valence-corrected chi connectivity index (χ2v) is 8.85. The Morgan fingerprint density at radius 1 is 0.966 bits per heavy atom. The molecule has 0 atom stereocenters. The van der Waals surface area contributed by atoms with Gasteiger partial charge in [0.2, 0.25) is 10.0 Å². The van der Waals surface area contributed by atoms with E-state index in [9.17, 15) is 12.8 Å². The van der Waals surface area contributed by atoms with E-state index < -0.39 is 15.8 Å². The van der Waals surface area contributed by atoms with Gasteiger partial charge in [0, 0.05) is 26.1 Å². The average Bonchev–Trinajstić information content (AvgIpc) is 2.92. The predicted octanol–water partition coefficient (Wildman–Crippen LogP) is 2.16. The normalized spacial score (nSPS) is 15.6. The van der Waals surface area contributed by atoms with Crippen molar-refractivity contribution in [2.75, 3.05) is 24.5 Å². The number of sulfonamides is 1. The van der Waals surface area contributed by atoms with E-state index in [-0.39, 0.29) is 11.4 Å². The van der Waals surface area contributed by atoms with Crippen molar-refractivity contribution in [1.29, 1.82) is 0 Å². The minimum Gasteiger partial charge on any atom is -0.355 e. The zero-order valence-electron chi connectivity index (χ0n) is 16.0. The van der Waals surface area contributed by atoms with Gasteiger partial charge in [0.1, 0.15) is 11.6 Å². The van der Waals surface area contributed by atoms with Crippen molar-refractivity contribution < 1.29 is 12.8 Å². The lowest BCUT2D eigenvalue weighted by Crippen LogP contribution is -2.27. The molecule has 1 aliphatic heterocycles. The van der Waals surface area contributed by atoms with Crippen LogP contribution in [0.15, 0.2) is 41.3 Å². The van der Waals surface area contributed by atoms with Crippen molar-refractivity contribution in [2.24, 2.45) is 0 Å². The van der Waals surface area contributed by atoms with Crippen molar-refractivity contribution in [3.63, 3.8) is 0 Å². The van der Waals surface area contributed by atoms with Gasteiger partial charge in [0.25, 0.3) is 0 Å². The summed E-state index contributed by atoms with van der Waals surface area (Å²) in [6.45, 7) is 2.09. The Morgan fingerprint density at radius 2 is 1.69 bits per heavy atom. The van der Waals surface area contributed by atoms with Gasteiger partial charge >= 0.3 is 0 Å². The Balaban J connectivity index is 1.46. The van der Waals surface area contributed by atoms with Gasteiger partial charge in [-0.25, -0.2) is 17.5 Å². The molecule has 0 radical (unpaired) electrons. The first-order valence-electron chi connectivity index (χ1n) is 9.74. The summed E-state index contributed by atoms with van der Waals surface area (Å²) in [5, 5.41) is 13.0. The zero-order chi connectivity index (χ0) is 20.3. The smallest absolute Gasteiger partial charge is 0.240 e. The van der Waals surface area contributed by atoms with Crippen LogP contribution < -0.4 is 9.62 Å². The number of fused-ring (bicyclic) bond motifs is 1. The SMILES string of the molecule is O=S(=O)(NCCc1nnc2ccc(N3CCCCCC3)nn12)c1ccc(F)cc1. The molecule has 3 heterocycles. The minimum absolute atomic E-state index is 0.0200. The van der Waals surface area contributed by atoms with Gasteiger partial charge in [-0.1, -0.05) is 12.8 Å². The van der Waals surface area contributed by atoms with Gasteiger partial charge in [-0.15, -0.1) is 15.3 Å². The van der Waals surface area contributed by atoms with E-state index in [4.69, 9.17) is 0 Å². The van der Waals surface area contributed by atoms with Crippen molar-refractivity contribution in [2.45, 2.75) is 37.0 Å². The molecule has 1 aromatic carbocycles. The molecule has 1 aliphatic rings. The number of rotatable bonds is 6. The van der Waals surface area contributed by atoms with Gasteiger partial charge in [-0.2, -0.15) is 4.52 Å². The molecule has 29 heavy (non-hydrogen) atoms. The minimum atomic E-state index is -3.72. The maximum Gasteiger partial charge on any atom is 0.240 e. The highest BCUT2D eigenvalue weighted by Gasteiger charge is 2.16. The number of hydrogen-bond donors (Lipinski definition) is 1. The lowest BCUT2D eigenvalue weighted by atomic mass is 10.2. The summed E-state index contributed by atoms with van der Waals surface area (Å²) in [6.07, 6.45) is 5.12. The number of anilines is 1. The molecule has 0 spiro atoms. The first-order valence-corrected chi connectivity index (χ1v) is 11.2. The average molecular weight is 418 g/mol. The summed E-state index contributed by atoms with van der Waals surface area (Å²) in [6, 6.07) is 8.55. The van der Waals surface area contributed by atoms with Crippen LogP contribution in [0.1, 0.15) is 31.5 Å². The predicted molar refractivity (Wildman–Crippen MR) is 107 cm³/mol. The molecular formula is C19H23FN6O2S. The van der Waals surface area contributed by atoms with Crippen molar-refractivity contribution >= 4 is 21.5 Å². The zero-order valence-corrected chi connectivity index (χ0v) is 16.8. The number of halogens is 1. The molecule has 1 N–H and O–H groups in total. The Labute approximate surface area is 168 Å². The van der Waals surface area contributed by atoms with E-state index in [0.29, 0.717) is 17.9 Å². The van der Waals surface area contributed by atoms with Gasteiger partial charge in [0.05, 0.1) is 4.90 Å². The largest absolute Gasteiger partial charge is 0.355 e. The Bertz CT molecular complexity index is 1080. The van der Waals surface area contributed by atoms with Crippen molar-refractivity contribution in [3.05, 3.63) is 48.0 Å². The quantitative estimate of drug-likeness (QED) is 0.660. The van der Waals surface area contributed by atoms with E-state index in [2.05, 4.69) is 24.9 Å². The number of hydrogen-bond acceptors (Lipinski definition) is 6. The fourth-order valence-corrected chi connectivity index (χ4v) is 4.47. The number of benzene rings is 1. The molecule has 0 bridgehead atoms. The van der Waals surface area contributed by atoms with Gasteiger partial charge < -0.3 is 4.90 Å². The second-order valence-electron chi connectivity index (χ2n) is 7.08. The molecule has 0 unspecified atom stereocenters. The van der Waals surface area contributed by atoms with E-state index in [1.54, 1.807) is 4.52 Å². The summed E-state index contributed by atoms with van der Waals surface area (Å²) < 4.78 is 41.9. The van der Waals surface area contributed by atoms with Gasteiger partial charge in [-0.05, 0) is 49.2 Å². The first-order chi connectivity index (χ1) is 14.0.